The average molecular weight is 293 g/mol. The van der Waals surface area contributed by atoms with Gasteiger partial charge < -0.3 is 10.1 Å². The summed E-state index contributed by atoms with van der Waals surface area (Å²) in [5, 5.41) is 3.48. The van der Waals surface area contributed by atoms with Crippen LogP contribution < -0.4 is 5.32 Å². The largest absolute Gasteiger partial charge is 0.469 e. The molecule has 1 aliphatic rings. The summed E-state index contributed by atoms with van der Waals surface area (Å²) in [6.45, 7) is 1.93. The lowest BCUT2D eigenvalue weighted by atomic mass is 9.97. The number of hydrogen-bond acceptors (Lipinski definition) is 4. The Morgan fingerprint density at radius 3 is 2.95 bits per heavy atom. The van der Waals surface area contributed by atoms with E-state index < -0.39 is 0 Å². The zero-order valence-electron chi connectivity index (χ0n) is 12.1. The first kappa shape index (κ1) is 15.3. The summed E-state index contributed by atoms with van der Waals surface area (Å²) >= 11 is 1.68. The second-order valence-corrected chi connectivity index (χ2v) is 6.41. The van der Waals surface area contributed by atoms with E-state index in [0.717, 1.165) is 18.0 Å². The van der Waals surface area contributed by atoms with Gasteiger partial charge in [-0.2, -0.15) is 0 Å². The van der Waals surface area contributed by atoms with Gasteiger partial charge in [-0.1, -0.05) is 11.6 Å². The van der Waals surface area contributed by atoms with E-state index in [1.54, 1.807) is 16.9 Å². The number of hydrogen-bond donors (Lipinski definition) is 1. The predicted molar refractivity (Wildman–Crippen MR) is 82.9 cm³/mol. The van der Waals surface area contributed by atoms with Crippen LogP contribution in [0.15, 0.2) is 23.8 Å². The van der Waals surface area contributed by atoms with E-state index in [2.05, 4.69) is 22.2 Å². The number of nitrogens with one attached hydrogen (secondary N) is 1. The fraction of sp³-hybridized carbons (Fsp3) is 0.562. The molecule has 0 aromatic carbocycles. The van der Waals surface area contributed by atoms with Gasteiger partial charge in [0.25, 0.3) is 0 Å². The summed E-state index contributed by atoms with van der Waals surface area (Å²) in [4.78, 5) is 13.5. The van der Waals surface area contributed by atoms with Gasteiger partial charge in [0.2, 0.25) is 0 Å². The van der Waals surface area contributed by atoms with Crippen LogP contribution in [0.4, 0.5) is 0 Å². The van der Waals surface area contributed by atoms with Crippen LogP contribution in [0.3, 0.4) is 0 Å². The number of esters is 1. The minimum Gasteiger partial charge on any atom is -0.469 e. The highest BCUT2D eigenvalue weighted by Crippen LogP contribution is 2.20. The van der Waals surface area contributed by atoms with Crippen molar-refractivity contribution < 1.29 is 9.53 Å². The van der Waals surface area contributed by atoms with E-state index in [9.17, 15) is 4.79 Å². The van der Waals surface area contributed by atoms with Crippen LogP contribution in [0.5, 0.6) is 0 Å². The maximum Gasteiger partial charge on any atom is 0.310 e. The number of ether oxygens (including phenoxy) is 1. The molecule has 0 spiro atoms. The van der Waals surface area contributed by atoms with Crippen molar-refractivity contribution in [1.82, 2.24) is 5.32 Å². The molecule has 0 atom stereocenters. The van der Waals surface area contributed by atoms with Crippen LogP contribution in [-0.2, 0) is 22.5 Å². The van der Waals surface area contributed by atoms with E-state index >= 15 is 0 Å². The van der Waals surface area contributed by atoms with Gasteiger partial charge in [-0.25, -0.2) is 0 Å². The van der Waals surface area contributed by atoms with Crippen molar-refractivity contribution in [2.45, 2.75) is 45.1 Å². The van der Waals surface area contributed by atoms with Crippen LogP contribution in [0.25, 0.3) is 0 Å². The molecule has 20 heavy (non-hydrogen) atoms. The summed E-state index contributed by atoms with van der Waals surface area (Å²) < 4.78 is 4.67. The first-order valence-corrected chi connectivity index (χ1v) is 8.12. The van der Waals surface area contributed by atoms with Crippen molar-refractivity contribution >= 4 is 17.3 Å². The molecule has 1 aliphatic carbocycles. The Morgan fingerprint density at radius 2 is 2.20 bits per heavy atom. The second kappa shape index (κ2) is 8.22. The molecule has 0 saturated heterocycles. The van der Waals surface area contributed by atoms with Crippen LogP contribution in [0.2, 0.25) is 0 Å². The molecule has 0 bridgehead atoms. The third kappa shape index (κ3) is 5.10. The normalized spacial score (nSPS) is 14.9. The minimum absolute atomic E-state index is 0.171. The standard InChI is InChI=1S/C16H23NO2S/c1-19-16(18)11-14-7-8-15(20-14)12-17-10-9-13-5-3-2-4-6-13/h5,7-8,17H,2-4,6,9-12H2,1H3. The van der Waals surface area contributed by atoms with Gasteiger partial charge in [0.1, 0.15) is 0 Å². The first-order valence-electron chi connectivity index (χ1n) is 7.31. The summed E-state index contributed by atoms with van der Waals surface area (Å²) in [6.07, 6.45) is 9.21. The highest BCUT2D eigenvalue weighted by atomic mass is 32.1. The van der Waals surface area contributed by atoms with Crippen LogP contribution in [-0.4, -0.2) is 19.6 Å². The Morgan fingerprint density at radius 1 is 1.35 bits per heavy atom. The van der Waals surface area contributed by atoms with Crippen LogP contribution in [0, 0.1) is 0 Å². The number of methoxy groups -OCH3 is 1. The van der Waals surface area contributed by atoms with Gasteiger partial charge in [0.15, 0.2) is 0 Å². The molecular weight excluding hydrogens is 270 g/mol. The van der Waals surface area contributed by atoms with Crippen molar-refractivity contribution in [2.24, 2.45) is 0 Å². The molecule has 2 rings (SSSR count). The smallest absolute Gasteiger partial charge is 0.310 e. The van der Waals surface area contributed by atoms with E-state index in [0.29, 0.717) is 6.42 Å². The van der Waals surface area contributed by atoms with Crippen LogP contribution >= 0.6 is 11.3 Å². The molecule has 3 nitrogen and oxygen atoms in total. The maximum absolute atomic E-state index is 11.2. The Bertz CT molecular complexity index is 465. The van der Waals surface area contributed by atoms with Gasteiger partial charge in [0, 0.05) is 16.3 Å². The second-order valence-electron chi connectivity index (χ2n) is 5.16. The lowest BCUT2D eigenvalue weighted by Gasteiger charge is -2.12. The fourth-order valence-electron chi connectivity index (χ4n) is 2.42. The van der Waals surface area contributed by atoms with Crippen molar-refractivity contribution in [3.8, 4) is 0 Å². The van der Waals surface area contributed by atoms with E-state index in [4.69, 9.17) is 0 Å². The molecule has 0 radical (unpaired) electrons. The maximum atomic E-state index is 11.2. The molecule has 0 saturated carbocycles. The number of carbonyl (C=O) groups excluding carboxylic acids is 1. The van der Waals surface area contributed by atoms with E-state index in [1.807, 2.05) is 6.07 Å². The highest BCUT2D eigenvalue weighted by molar-refractivity contribution is 7.12. The van der Waals surface area contributed by atoms with E-state index in [-0.39, 0.29) is 5.97 Å². The summed E-state index contributed by atoms with van der Waals surface area (Å²) in [6, 6.07) is 4.11. The molecular formula is C16H23NO2S. The molecule has 1 N–H and O–H groups in total. The van der Waals surface area contributed by atoms with Crippen molar-refractivity contribution in [3.05, 3.63) is 33.5 Å². The Balaban J connectivity index is 1.66. The van der Waals surface area contributed by atoms with Crippen molar-refractivity contribution in [2.75, 3.05) is 13.7 Å². The molecule has 4 heteroatoms. The number of thiophene rings is 1. The zero-order chi connectivity index (χ0) is 14.2. The summed E-state index contributed by atoms with van der Waals surface area (Å²) in [5.74, 6) is -0.171. The first-order chi connectivity index (χ1) is 9.78. The fourth-order valence-corrected chi connectivity index (χ4v) is 3.39. The third-order valence-corrected chi connectivity index (χ3v) is 4.66. The van der Waals surface area contributed by atoms with Gasteiger partial charge in [0.05, 0.1) is 13.5 Å². The average Bonchev–Trinajstić information content (AvgIpc) is 2.92. The molecule has 110 valence electrons. The Labute approximate surface area is 125 Å². The molecule has 0 amide bonds. The van der Waals surface area contributed by atoms with Gasteiger partial charge in [-0.15, -0.1) is 11.3 Å². The predicted octanol–water partition coefficient (Wildman–Crippen LogP) is 3.44. The molecule has 0 fully saturated rings. The quantitative estimate of drug-likeness (QED) is 0.475. The monoisotopic (exact) mass is 293 g/mol. The van der Waals surface area contributed by atoms with Crippen molar-refractivity contribution in [3.63, 3.8) is 0 Å². The van der Waals surface area contributed by atoms with Crippen molar-refractivity contribution in [1.29, 1.82) is 0 Å². The SMILES string of the molecule is COC(=O)Cc1ccc(CNCCC2=CCCCC2)s1. The molecule has 1 heterocycles. The van der Waals surface area contributed by atoms with E-state index in [1.165, 1.54) is 44.1 Å². The van der Waals surface area contributed by atoms with Gasteiger partial charge in [-0.3, -0.25) is 4.79 Å². The number of allylic oxidation sites excluding steroid dienone is 1. The number of rotatable bonds is 7. The Kier molecular flexibility index (Phi) is 6.27. The molecule has 1 aromatic heterocycles. The lowest BCUT2D eigenvalue weighted by Crippen LogP contribution is -2.14. The number of carbonyl (C=O) groups is 1. The zero-order valence-corrected chi connectivity index (χ0v) is 12.9. The summed E-state index contributed by atoms with van der Waals surface area (Å²) in [7, 11) is 1.43. The van der Waals surface area contributed by atoms with Gasteiger partial charge >= 0.3 is 5.97 Å². The topological polar surface area (TPSA) is 38.3 Å². The minimum atomic E-state index is -0.171. The Hall–Kier alpha value is -1.13. The van der Waals surface area contributed by atoms with Gasteiger partial charge in [-0.05, 0) is 50.8 Å². The summed E-state index contributed by atoms with van der Waals surface area (Å²) in [5.41, 5.74) is 1.61. The molecule has 0 aliphatic heterocycles. The molecule has 0 unspecified atom stereocenters. The van der Waals surface area contributed by atoms with Crippen LogP contribution in [0.1, 0.15) is 41.9 Å². The lowest BCUT2D eigenvalue weighted by molar-refractivity contribution is -0.139. The highest BCUT2D eigenvalue weighted by Gasteiger charge is 2.06. The molecule has 1 aromatic rings. The third-order valence-electron chi connectivity index (χ3n) is 3.57.